The number of rotatable bonds is 5. The Balaban J connectivity index is 1.75. The molecule has 0 saturated carbocycles. The lowest BCUT2D eigenvalue weighted by atomic mass is 10.1. The molecule has 2 aromatic rings. The second-order valence-corrected chi connectivity index (χ2v) is 4.52. The van der Waals surface area contributed by atoms with Crippen LogP contribution in [0.4, 0.5) is 0 Å². The van der Waals surface area contributed by atoms with E-state index in [0.717, 1.165) is 12.8 Å². The van der Waals surface area contributed by atoms with Crippen LogP contribution in [-0.2, 0) is 11.2 Å². The molecule has 0 fully saturated rings. The van der Waals surface area contributed by atoms with Crippen LogP contribution in [0.2, 0.25) is 5.02 Å². The summed E-state index contributed by atoms with van der Waals surface area (Å²) in [5.74, 6) is -0.435. The average molecular weight is 276 g/mol. The zero-order valence-corrected chi connectivity index (χ0v) is 11.1. The molecule has 1 heterocycles. The van der Waals surface area contributed by atoms with Gasteiger partial charge < -0.3 is 4.74 Å². The van der Waals surface area contributed by atoms with E-state index in [1.165, 1.54) is 17.8 Å². The van der Waals surface area contributed by atoms with E-state index in [1.807, 2.05) is 18.2 Å². The smallest absolute Gasteiger partial charge is 0.356 e. The summed E-state index contributed by atoms with van der Waals surface area (Å²) in [5, 5.41) is 0.478. The lowest BCUT2D eigenvalue weighted by Gasteiger charge is -2.04. The summed E-state index contributed by atoms with van der Waals surface area (Å²) in [6.07, 6.45) is 3.16. The minimum atomic E-state index is -0.435. The first-order valence-corrected chi connectivity index (χ1v) is 6.46. The molecule has 0 aliphatic carbocycles. The zero-order chi connectivity index (χ0) is 13.5. The first kappa shape index (κ1) is 13.6. The van der Waals surface area contributed by atoms with Crippen LogP contribution in [0.1, 0.15) is 22.5 Å². The number of nitrogens with zero attached hydrogens (tertiary/aromatic N) is 1. The third kappa shape index (κ3) is 4.38. The van der Waals surface area contributed by atoms with Gasteiger partial charge in [0, 0.05) is 11.2 Å². The third-order valence-electron chi connectivity index (χ3n) is 2.62. The number of hydrogen-bond acceptors (Lipinski definition) is 3. The third-order valence-corrected chi connectivity index (χ3v) is 2.85. The number of ether oxygens (including phenoxy) is 1. The van der Waals surface area contributed by atoms with E-state index in [-0.39, 0.29) is 5.69 Å². The Hall–Kier alpha value is -1.87. The standard InChI is InChI=1S/C15H14ClNO2/c16-13-8-9-17-14(11-13)15(18)19-10-4-7-12-5-2-1-3-6-12/h1-3,5-6,8-9,11H,4,7,10H2. The number of halogens is 1. The van der Waals surface area contributed by atoms with Crippen LogP contribution >= 0.6 is 11.6 Å². The Bertz CT molecular complexity index is 543. The van der Waals surface area contributed by atoms with Gasteiger partial charge in [0.05, 0.1) is 6.61 Å². The molecule has 0 radical (unpaired) electrons. The van der Waals surface area contributed by atoms with E-state index >= 15 is 0 Å². The largest absolute Gasteiger partial charge is 0.461 e. The Kier molecular flexibility index (Phi) is 4.93. The number of carbonyl (C=O) groups is 1. The fourth-order valence-corrected chi connectivity index (χ4v) is 1.84. The second kappa shape index (κ2) is 6.90. The van der Waals surface area contributed by atoms with E-state index in [9.17, 15) is 4.79 Å². The molecule has 2 rings (SSSR count). The van der Waals surface area contributed by atoms with Gasteiger partial charge in [-0.05, 0) is 30.5 Å². The Morgan fingerprint density at radius 2 is 2.00 bits per heavy atom. The van der Waals surface area contributed by atoms with E-state index in [2.05, 4.69) is 17.1 Å². The maximum absolute atomic E-state index is 11.7. The Morgan fingerprint density at radius 3 is 2.74 bits per heavy atom. The van der Waals surface area contributed by atoms with E-state index in [0.29, 0.717) is 11.6 Å². The van der Waals surface area contributed by atoms with Crippen LogP contribution in [0.25, 0.3) is 0 Å². The van der Waals surface area contributed by atoms with Gasteiger partial charge in [-0.25, -0.2) is 9.78 Å². The number of benzene rings is 1. The zero-order valence-electron chi connectivity index (χ0n) is 10.4. The van der Waals surface area contributed by atoms with Crippen molar-refractivity contribution in [2.45, 2.75) is 12.8 Å². The van der Waals surface area contributed by atoms with Crippen molar-refractivity contribution >= 4 is 17.6 Å². The molecule has 19 heavy (non-hydrogen) atoms. The molecule has 0 unspecified atom stereocenters. The lowest BCUT2D eigenvalue weighted by Crippen LogP contribution is -2.08. The highest BCUT2D eigenvalue weighted by Crippen LogP contribution is 2.09. The highest BCUT2D eigenvalue weighted by atomic mass is 35.5. The van der Waals surface area contributed by atoms with Crippen LogP contribution in [0.15, 0.2) is 48.7 Å². The molecule has 1 aromatic heterocycles. The second-order valence-electron chi connectivity index (χ2n) is 4.08. The summed E-state index contributed by atoms with van der Waals surface area (Å²) in [6.45, 7) is 0.377. The first-order chi connectivity index (χ1) is 9.25. The highest BCUT2D eigenvalue weighted by Gasteiger charge is 2.08. The van der Waals surface area contributed by atoms with Crippen molar-refractivity contribution in [1.29, 1.82) is 0 Å². The van der Waals surface area contributed by atoms with Crippen molar-refractivity contribution in [3.8, 4) is 0 Å². The summed E-state index contributed by atoms with van der Waals surface area (Å²) in [4.78, 5) is 15.6. The molecule has 1 aromatic carbocycles. The summed E-state index contributed by atoms with van der Waals surface area (Å²) < 4.78 is 5.14. The van der Waals surface area contributed by atoms with Crippen molar-refractivity contribution in [3.05, 3.63) is 64.9 Å². The number of aromatic nitrogens is 1. The van der Waals surface area contributed by atoms with Crippen LogP contribution in [0.3, 0.4) is 0 Å². The Labute approximate surface area is 117 Å². The van der Waals surface area contributed by atoms with Crippen molar-refractivity contribution < 1.29 is 9.53 Å². The average Bonchev–Trinajstić information content (AvgIpc) is 2.44. The van der Waals surface area contributed by atoms with Gasteiger partial charge in [-0.2, -0.15) is 0 Å². The summed E-state index contributed by atoms with van der Waals surface area (Å²) in [6, 6.07) is 13.2. The summed E-state index contributed by atoms with van der Waals surface area (Å²) >= 11 is 5.78. The van der Waals surface area contributed by atoms with Gasteiger partial charge in [-0.3, -0.25) is 0 Å². The molecule has 0 bridgehead atoms. The number of aryl methyl sites for hydroxylation is 1. The van der Waals surface area contributed by atoms with E-state index in [1.54, 1.807) is 6.07 Å². The predicted octanol–water partition coefficient (Wildman–Crippen LogP) is 3.52. The molecule has 98 valence electrons. The van der Waals surface area contributed by atoms with Gasteiger partial charge in [0.1, 0.15) is 5.69 Å². The molecule has 0 N–H and O–H groups in total. The highest BCUT2D eigenvalue weighted by molar-refractivity contribution is 6.30. The van der Waals surface area contributed by atoms with Gasteiger partial charge in [0.15, 0.2) is 0 Å². The fourth-order valence-electron chi connectivity index (χ4n) is 1.68. The van der Waals surface area contributed by atoms with Crippen molar-refractivity contribution in [1.82, 2.24) is 4.98 Å². The molecule has 0 amide bonds. The first-order valence-electron chi connectivity index (χ1n) is 6.08. The van der Waals surface area contributed by atoms with Crippen molar-refractivity contribution in [2.75, 3.05) is 6.61 Å². The molecule has 0 aliphatic heterocycles. The SMILES string of the molecule is O=C(OCCCc1ccccc1)c1cc(Cl)ccn1. The van der Waals surface area contributed by atoms with Crippen LogP contribution in [0.5, 0.6) is 0 Å². The summed E-state index contributed by atoms with van der Waals surface area (Å²) in [5.41, 5.74) is 1.48. The normalized spacial score (nSPS) is 10.2. The molecular weight excluding hydrogens is 262 g/mol. The van der Waals surface area contributed by atoms with Crippen molar-refractivity contribution in [3.63, 3.8) is 0 Å². The van der Waals surface area contributed by atoms with E-state index in [4.69, 9.17) is 16.3 Å². The number of hydrogen-bond donors (Lipinski definition) is 0. The van der Waals surface area contributed by atoms with Crippen molar-refractivity contribution in [2.24, 2.45) is 0 Å². The summed E-state index contributed by atoms with van der Waals surface area (Å²) in [7, 11) is 0. The predicted molar refractivity (Wildman–Crippen MR) is 74.3 cm³/mol. The van der Waals surface area contributed by atoms with Gasteiger partial charge >= 0.3 is 5.97 Å². The van der Waals surface area contributed by atoms with E-state index < -0.39 is 5.97 Å². The molecule has 0 aliphatic rings. The Morgan fingerprint density at radius 1 is 1.21 bits per heavy atom. The maximum Gasteiger partial charge on any atom is 0.356 e. The minimum absolute atomic E-state index is 0.243. The fraction of sp³-hybridized carbons (Fsp3) is 0.200. The number of carbonyl (C=O) groups excluding carboxylic acids is 1. The van der Waals surface area contributed by atoms with Gasteiger partial charge in [0.25, 0.3) is 0 Å². The van der Waals surface area contributed by atoms with Gasteiger partial charge in [-0.1, -0.05) is 41.9 Å². The minimum Gasteiger partial charge on any atom is -0.461 e. The molecule has 3 nitrogen and oxygen atoms in total. The molecular formula is C15H14ClNO2. The van der Waals surface area contributed by atoms with Gasteiger partial charge in [-0.15, -0.1) is 0 Å². The lowest BCUT2D eigenvalue weighted by molar-refractivity contribution is 0.0493. The van der Waals surface area contributed by atoms with Crippen LogP contribution < -0.4 is 0 Å². The van der Waals surface area contributed by atoms with Crippen LogP contribution in [-0.4, -0.2) is 17.6 Å². The van der Waals surface area contributed by atoms with Gasteiger partial charge in [0.2, 0.25) is 0 Å². The topological polar surface area (TPSA) is 39.2 Å². The maximum atomic E-state index is 11.7. The number of pyridine rings is 1. The number of esters is 1. The monoisotopic (exact) mass is 275 g/mol. The molecule has 4 heteroatoms. The van der Waals surface area contributed by atoms with Crippen LogP contribution in [0, 0.1) is 0 Å². The quantitative estimate of drug-likeness (QED) is 0.619. The molecule has 0 atom stereocenters. The molecule has 0 saturated heterocycles. The molecule has 0 spiro atoms.